The van der Waals surface area contributed by atoms with Gasteiger partial charge in [-0.3, -0.25) is 0 Å². The van der Waals surface area contributed by atoms with E-state index in [0.29, 0.717) is 12.0 Å². The molecule has 0 radical (unpaired) electrons. The van der Waals surface area contributed by atoms with Crippen LogP contribution in [0.15, 0.2) is 42.5 Å². The van der Waals surface area contributed by atoms with Gasteiger partial charge in [-0.25, -0.2) is 0 Å². The Bertz CT molecular complexity index is 882. The number of rotatable bonds is 4. The normalized spacial score (nSPS) is 24.0. The zero-order valence-electron chi connectivity index (χ0n) is 17.7. The highest BCUT2D eigenvalue weighted by Crippen LogP contribution is 2.33. The second kappa shape index (κ2) is 9.69. The van der Waals surface area contributed by atoms with Gasteiger partial charge in [0.1, 0.15) is 12.2 Å². The predicted molar refractivity (Wildman–Crippen MR) is 114 cm³/mol. The number of benzene rings is 2. The molecule has 1 aliphatic rings. The van der Waals surface area contributed by atoms with Crippen LogP contribution in [0.1, 0.15) is 61.1 Å². The van der Waals surface area contributed by atoms with Crippen molar-refractivity contribution in [1.82, 2.24) is 0 Å². The van der Waals surface area contributed by atoms with Gasteiger partial charge in [0.05, 0.1) is 30.4 Å². The Morgan fingerprint density at radius 2 is 1.77 bits per heavy atom. The van der Waals surface area contributed by atoms with Gasteiger partial charge in [-0.2, -0.15) is 5.26 Å². The lowest BCUT2D eigenvalue weighted by atomic mass is 9.86. The summed E-state index contributed by atoms with van der Waals surface area (Å²) < 4.78 is 5.79. The van der Waals surface area contributed by atoms with E-state index in [0.717, 1.165) is 16.7 Å². The lowest BCUT2D eigenvalue weighted by Crippen LogP contribution is -2.47. The van der Waals surface area contributed by atoms with Crippen molar-refractivity contribution in [2.45, 2.75) is 63.4 Å². The van der Waals surface area contributed by atoms with Crippen LogP contribution in [0.25, 0.3) is 0 Å². The summed E-state index contributed by atoms with van der Waals surface area (Å²) in [6.45, 7) is 6.16. The highest BCUT2D eigenvalue weighted by Gasteiger charge is 2.37. The third-order valence-corrected chi connectivity index (χ3v) is 5.59. The van der Waals surface area contributed by atoms with Crippen LogP contribution in [0, 0.1) is 11.3 Å². The summed E-state index contributed by atoms with van der Waals surface area (Å²) in [5, 5.41) is 39.0. The highest BCUT2D eigenvalue weighted by molar-refractivity contribution is 5.44. The van der Waals surface area contributed by atoms with E-state index in [-0.39, 0.29) is 23.9 Å². The molecule has 2 unspecified atom stereocenters. The summed E-state index contributed by atoms with van der Waals surface area (Å²) in [4.78, 5) is 0. The van der Waals surface area contributed by atoms with Gasteiger partial charge >= 0.3 is 0 Å². The lowest BCUT2D eigenvalue weighted by molar-refractivity contribution is -0.181. The minimum absolute atomic E-state index is 0. The fourth-order valence-electron chi connectivity index (χ4n) is 3.73. The average molecular weight is 414 g/mol. The molecule has 1 aliphatic heterocycles. The standard InChI is InChI=1S/C24H29NO4.H2O/c1-24(2,3)19-8-4-15(5-9-19)10-18-11-16(6-7-17(18)13-25)21-12-20(27)23(28)22(14-26)29-21;/h4-9,11,20-23,26-28H,10,12,14H2,1-3H3;1H2/t20?,21-,22-,23?;/m1./s1. The van der Waals surface area contributed by atoms with Crippen LogP contribution in [-0.2, 0) is 16.6 Å². The molecule has 0 bridgehead atoms. The Morgan fingerprint density at radius 1 is 1.10 bits per heavy atom. The van der Waals surface area contributed by atoms with E-state index in [2.05, 4.69) is 51.1 Å². The Morgan fingerprint density at radius 3 is 2.33 bits per heavy atom. The first-order valence-electron chi connectivity index (χ1n) is 9.97. The van der Waals surface area contributed by atoms with Crippen LogP contribution < -0.4 is 0 Å². The molecule has 1 fully saturated rings. The van der Waals surface area contributed by atoms with Gasteiger partial charge in [0.15, 0.2) is 0 Å². The Hall–Kier alpha value is -2.27. The van der Waals surface area contributed by atoms with E-state index >= 15 is 0 Å². The fourth-order valence-corrected chi connectivity index (χ4v) is 3.73. The van der Waals surface area contributed by atoms with Crippen LogP contribution in [-0.4, -0.2) is 45.7 Å². The van der Waals surface area contributed by atoms with Gasteiger partial charge in [-0.1, -0.05) is 57.2 Å². The van der Waals surface area contributed by atoms with Crippen molar-refractivity contribution < 1.29 is 25.5 Å². The highest BCUT2D eigenvalue weighted by atomic mass is 16.5. The Kier molecular flexibility index (Phi) is 7.75. The summed E-state index contributed by atoms with van der Waals surface area (Å²) in [5.74, 6) is 0. The third kappa shape index (κ3) is 5.25. The second-order valence-electron chi connectivity index (χ2n) is 8.79. The lowest BCUT2D eigenvalue weighted by Gasteiger charge is -2.36. The maximum atomic E-state index is 10.1. The largest absolute Gasteiger partial charge is 0.412 e. The maximum absolute atomic E-state index is 10.1. The number of hydrogen-bond acceptors (Lipinski definition) is 5. The van der Waals surface area contributed by atoms with Crippen LogP contribution >= 0.6 is 0 Å². The first-order chi connectivity index (χ1) is 13.7. The van der Waals surface area contributed by atoms with Crippen molar-refractivity contribution >= 4 is 0 Å². The van der Waals surface area contributed by atoms with E-state index in [4.69, 9.17) is 4.74 Å². The zero-order valence-corrected chi connectivity index (χ0v) is 17.7. The molecule has 3 rings (SSSR count). The molecular formula is C24H31NO5. The van der Waals surface area contributed by atoms with E-state index in [1.54, 1.807) is 6.07 Å². The number of ether oxygens (including phenoxy) is 1. The second-order valence-corrected chi connectivity index (χ2v) is 8.79. The van der Waals surface area contributed by atoms with Crippen molar-refractivity contribution in [2.24, 2.45) is 0 Å². The molecule has 6 heteroatoms. The third-order valence-electron chi connectivity index (χ3n) is 5.59. The SMILES string of the molecule is CC(C)(C)c1ccc(Cc2cc([C@H]3CC(O)C(O)[C@@H](CO)O3)ccc2C#N)cc1.O. The van der Waals surface area contributed by atoms with E-state index in [9.17, 15) is 20.6 Å². The molecule has 30 heavy (non-hydrogen) atoms. The maximum Gasteiger partial charge on any atom is 0.110 e. The molecule has 5 N–H and O–H groups in total. The van der Waals surface area contributed by atoms with Crippen LogP contribution in [0.5, 0.6) is 0 Å². The molecular weight excluding hydrogens is 382 g/mol. The quantitative estimate of drug-likeness (QED) is 0.708. The molecule has 1 saturated heterocycles. The molecule has 2 aromatic carbocycles. The molecule has 162 valence electrons. The van der Waals surface area contributed by atoms with Crippen LogP contribution in [0.4, 0.5) is 0 Å². The van der Waals surface area contributed by atoms with Crippen molar-refractivity contribution in [3.8, 4) is 6.07 Å². The first-order valence-corrected chi connectivity index (χ1v) is 9.97. The molecule has 0 amide bonds. The number of aliphatic hydroxyl groups is 3. The predicted octanol–water partition coefficient (Wildman–Crippen LogP) is 2.17. The van der Waals surface area contributed by atoms with Crippen molar-refractivity contribution in [2.75, 3.05) is 6.61 Å². The minimum atomic E-state index is -1.10. The van der Waals surface area contributed by atoms with Gasteiger partial charge in [0.25, 0.3) is 0 Å². The van der Waals surface area contributed by atoms with Gasteiger partial charge in [0.2, 0.25) is 0 Å². The summed E-state index contributed by atoms with van der Waals surface area (Å²) in [7, 11) is 0. The summed E-state index contributed by atoms with van der Waals surface area (Å²) in [5.41, 5.74) is 4.77. The molecule has 1 heterocycles. The van der Waals surface area contributed by atoms with Crippen molar-refractivity contribution in [3.05, 3.63) is 70.3 Å². The molecule has 4 atom stereocenters. The molecule has 0 aromatic heterocycles. The number of hydrogen-bond donors (Lipinski definition) is 3. The molecule has 0 spiro atoms. The summed E-state index contributed by atoms with van der Waals surface area (Å²) >= 11 is 0. The van der Waals surface area contributed by atoms with Gasteiger partial charge in [-0.15, -0.1) is 0 Å². The zero-order chi connectivity index (χ0) is 21.2. The Labute approximate surface area is 177 Å². The smallest absolute Gasteiger partial charge is 0.110 e. The van der Waals surface area contributed by atoms with Gasteiger partial charge in [-0.05, 0) is 40.2 Å². The van der Waals surface area contributed by atoms with Crippen LogP contribution in [0.2, 0.25) is 0 Å². The van der Waals surface area contributed by atoms with E-state index in [1.165, 1.54) is 5.56 Å². The number of nitriles is 1. The Balaban J connectivity index is 0.00000320. The van der Waals surface area contributed by atoms with Crippen molar-refractivity contribution in [1.29, 1.82) is 5.26 Å². The molecule has 2 aromatic rings. The topological polar surface area (TPSA) is 125 Å². The molecule has 6 nitrogen and oxygen atoms in total. The first kappa shape index (κ1) is 24.0. The fraction of sp³-hybridized carbons (Fsp3) is 0.458. The average Bonchev–Trinajstić information content (AvgIpc) is 2.69. The van der Waals surface area contributed by atoms with Gasteiger partial charge in [0, 0.05) is 6.42 Å². The van der Waals surface area contributed by atoms with Gasteiger partial charge < -0.3 is 25.5 Å². The monoisotopic (exact) mass is 413 g/mol. The van der Waals surface area contributed by atoms with Crippen molar-refractivity contribution in [3.63, 3.8) is 0 Å². The minimum Gasteiger partial charge on any atom is -0.412 e. The van der Waals surface area contributed by atoms with Crippen LogP contribution in [0.3, 0.4) is 0 Å². The summed E-state index contributed by atoms with van der Waals surface area (Å²) in [6, 6.07) is 16.2. The number of nitrogens with zero attached hydrogens (tertiary/aromatic N) is 1. The molecule has 0 saturated carbocycles. The van der Waals surface area contributed by atoms with E-state index in [1.807, 2.05) is 12.1 Å². The molecule has 0 aliphatic carbocycles. The number of aliphatic hydroxyl groups excluding tert-OH is 3. The van der Waals surface area contributed by atoms with E-state index < -0.39 is 24.4 Å². The summed E-state index contributed by atoms with van der Waals surface area (Å²) in [6.07, 6.45) is -2.48.